The third kappa shape index (κ3) is 8.41. The van der Waals surface area contributed by atoms with Crippen molar-refractivity contribution in [2.75, 3.05) is 57.4 Å². The minimum absolute atomic E-state index is 0.152. The molecule has 0 saturated carbocycles. The van der Waals surface area contributed by atoms with Crippen LogP contribution in [0.4, 0.5) is 11.9 Å². The number of aromatic nitrogens is 3. The Morgan fingerprint density at radius 1 is 0.938 bits per heavy atom. The van der Waals surface area contributed by atoms with Crippen LogP contribution in [0.1, 0.15) is 32.6 Å². The zero-order valence-corrected chi connectivity index (χ0v) is 19.4. The molecular weight excluding hydrogens is 410 g/mol. The predicted octanol–water partition coefficient (Wildman–Crippen LogP) is 3.99. The molecule has 0 bridgehead atoms. The van der Waals surface area contributed by atoms with E-state index in [2.05, 4.69) is 13.5 Å². The summed E-state index contributed by atoms with van der Waals surface area (Å²) in [6.07, 6.45) is 3.22. The Morgan fingerprint density at radius 2 is 1.59 bits per heavy atom. The highest BCUT2D eigenvalue weighted by molar-refractivity contribution is 5.58. The Morgan fingerprint density at radius 3 is 2.22 bits per heavy atom. The van der Waals surface area contributed by atoms with Crippen LogP contribution in [0, 0.1) is 0 Å². The third-order valence-electron chi connectivity index (χ3n) is 4.56. The van der Waals surface area contributed by atoms with Crippen molar-refractivity contribution in [3.63, 3.8) is 0 Å². The molecule has 32 heavy (non-hydrogen) atoms. The molecule has 9 nitrogen and oxygen atoms in total. The van der Waals surface area contributed by atoms with Crippen LogP contribution in [0.5, 0.6) is 0 Å². The summed E-state index contributed by atoms with van der Waals surface area (Å²) in [7, 11) is 3.25. The first-order chi connectivity index (χ1) is 15.6. The number of allylic oxidation sites excluding steroid dienone is 1. The van der Waals surface area contributed by atoms with Gasteiger partial charge in [0, 0.05) is 39.4 Å². The highest BCUT2D eigenvalue weighted by Gasteiger charge is 2.18. The Bertz CT molecular complexity index is 806. The van der Waals surface area contributed by atoms with Gasteiger partial charge < -0.3 is 24.2 Å². The van der Waals surface area contributed by atoms with Crippen LogP contribution in [0.3, 0.4) is 0 Å². The maximum Gasteiger partial charge on any atom is 0.234 e. The zero-order valence-electron chi connectivity index (χ0n) is 19.4. The Labute approximate surface area is 190 Å². The maximum atomic E-state index is 9.44. The fourth-order valence-corrected chi connectivity index (χ4v) is 2.93. The first kappa shape index (κ1) is 25.5. The number of unbranched alkanes of at least 4 members (excludes halogenated alkanes) is 1. The monoisotopic (exact) mass is 445 g/mol. The van der Waals surface area contributed by atoms with E-state index in [0.29, 0.717) is 57.2 Å². The number of anilines is 2. The van der Waals surface area contributed by atoms with Crippen LogP contribution >= 0.6 is 0 Å². The first-order valence-electron chi connectivity index (χ1n) is 10.8. The number of aliphatic hydroxyl groups is 1. The standard InChI is InChI=1S/C23H35N5O4/c1-5-6-15-32-18-28(17-31-4)23-25-21(20-12-8-7-9-13-20)24-22(26-23)27(16-30-3)14-10-11-19(2)29/h7-9,12-13,29H,2,5-6,10-11,14-18H2,1,3-4H3. The summed E-state index contributed by atoms with van der Waals surface area (Å²) in [5.74, 6) is 1.64. The predicted molar refractivity (Wildman–Crippen MR) is 126 cm³/mol. The molecule has 0 aliphatic heterocycles. The van der Waals surface area contributed by atoms with Crippen molar-refractivity contribution in [1.29, 1.82) is 0 Å². The number of rotatable bonds is 16. The Kier molecular flexibility index (Phi) is 11.4. The van der Waals surface area contributed by atoms with E-state index in [4.69, 9.17) is 29.2 Å². The van der Waals surface area contributed by atoms with Crippen molar-refractivity contribution in [2.24, 2.45) is 0 Å². The van der Waals surface area contributed by atoms with Crippen LogP contribution < -0.4 is 9.80 Å². The van der Waals surface area contributed by atoms with E-state index < -0.39 is 0 Å². The summed E-state index contributed by atoms with van der Waals surface area (Å²) in [4.78, 5) is 17.8. The highest BCUT2D eigenvalue weighted by Crippen LogP contribution is 2.22. The molecule has 0 aliphatic rings. The largest absolute Gasteiger partial charge is 0.513 e. The lowest BCUT2D eigenvalue weighted by molar-refractivity contribution is 0.101. The Balaban J connectivity index is 2.39. The summed E-state index contributed by atoms with van der Waals surface area (Å²) in [5, 5.41) is 9.44. The van der Waals surface area contributed by atoms with E-state index in [1.54, 1.807) is 14.2 Å². The van der Waals surface area contributed by atoms with Crippen molar-refractivity contribution in [2.45, 2.75) is 32.6 Å². The first-order valence-corrected chi connectivity index (χ1v) is 10.8. The molecule has 0 amide bonds. The number of hydrogen-bond donors (Lipinski definition) is 1. The van der Waals surface area contributed by atoms with Crippen molar-refractivity contribution in [3.8, 4) is 11.4 Å². The molecule has 0 spiro atoms. The molecule has 0 atom stereocenters. The van der Waals surface area contributed by atoms with Gasteiger partial charge in [-0.05, 0) is 12.8 Å². The van der Waals surface area contributed by atoms with Gasteiger partial charge in [-0.2, -0.15) is 15.0 Å². The molecule has 176 valence electrons. The highest BCUT2D eigenvalue weighted by atomic mass is 16.5. The maximum absolute atomic E-state index is 9.44. The number of hydrogen-bond acceptors (Lipinski definition) is 9. The third-order valence-corrected chi connectivity index (χ3v) is 4.56. The molecule has 0 fully saturated rings. The van der Waals surface area contributed by atoms with Crippen LogP contribution in [-0.4, -0.2) is 67.6 Å². The number of ether oxygens (including phenoxy) is 3. The van der Waals surface area contributed by atoms with E-state index in [0.717, 1.165) is 18.4 Å². The van der Waals surface area contributed by atoms with E-state index in [1.807, 2.05) is 40.1 Å². The fraction of sp³-hybridized carbons (Fsp3) is 0.522. The van der Waals surface area contributed by atoms with Crippen LogP contribution in [-0.2, 0) is 14.2 Å². The molecule has 1 heterocycles. The summed E-state index contributed by atoms with van der Waals surface area (Å²) < 4.78 is 16.5. The zero-order chi connectivity index (χ0) is 23.2. The molecule has 1 N–H and O–H groups in total. The topological polar surface area (TPSA) is 93.1 Å². The average molecular weight is 446 g/mol. The molecule has 9 heteroatoms. The molecule has 1 aromatic heterocycles. The summed E-state index contributed by atoms with van der Waals surface area (Å²) >= 11 is 0. The molecule has 0 saturated heterocycles. The second-order valence-electron chi connectivity index (χ2n) is 7.32. The minimum atomic E-state index is 0.152. The number of aliphatic hydroxyl groups excluding tert-OH is 1. The minimum Gasteiger partial charge on any atom is -0.513 e. The fourth-order valence-electron chi connectivity index (χ4n) is 2.93. The van der Waals surface area contributed by atoms with Crippen LogP contribution in [0.25, 0.3) is 11.4 Å². The number of methoxy groups -OCH3 is 2. The second-order valence-corrected chi connectivity index (χ2v) is 7.32. The van der Waals surface area contributed by atoms with Gasteiger partial charge in [-0.15, -0.1) is 0 Å². The van der Waals surface area contributed by atoms with Gasteiger partial charge in [-0.3, -0.25) is 4.90 Å². The second kappa shape index (κ2) is 14.3. The van der Waals surface area contributed by atoms with E-state index in [1.165, 1.54) is 0 Å². The number of nitrogens with zero attached hydrogens (tertiary/aromatic N) is 5. The SMILES string of the molecule is C=C(O)CCCN(COC)c1nc(-c2ccccc2)nc(N(COC)COCCCC)n1. The molecular formula is C23H35N5O4. The van der Waals surface area contributed by atoms with Gasteiger partial charge in [0.15, 0.2) is 5.82 Å². The van der Waals surface area contributed by atoms with E-state index >= 15 is 0 Å². The van der Waals surface area contributed by atoms with Gasteiger partial charge in [-0.25, -0.2) is 0 Å². The smallest absolute Gasteiger partial charge is 0.234 e. The lowest BCUT2D eigenvalue weighted by Crippen LogP contribution is -2.33. The van der Waals surface area contributed by atoms with Gasteiger partial charge in [0.05, 0.1) is 5.76 Å². The molecule has 1 aromatic carbocycles. The van der Waals surface area contributed by atoms with Gasteiger partial charge in [0.25, 0.3) is 0 Å². The summed E-state index contributed by atoms with van der Waals surface area (Å²) in [5.41, 5.74) is 0.878. The molecule has 0 unspecified atom stereocenters. The molecule has 0 radical (unpaired) electrons. The quantitative estimate of drug-likeness (QED) is 0.234. The van der Waals surface area contributed by atoms with Crippen molar-refractivity contribution in [1.82, 2.24) is 15.0 Å². The van der Waals surface area contributed by atoms with Crippen molar-refractivity contribution >= 4 is 11.9 Å². The van der Waals surface area contributed by atoms with E-state index in [9.17, 15) is 5.11 Å². The van der Waals surface area contributed by atoms with Crippen LogP contribution in [0.2, 0.25) is 0 Å². The van der Waals surface area contributed by atoms with Crippen molar-refractivity contribution < 1.29 is 19.3 Å². The number of benzene rings is 1. The average Bonchev–Trinajstić information content (AvgIpc) is 2.80. The van der Waals surface area contributed by atoms with Crippen molar-refractivity contribution in [3.05, 3.63) is 42.7 Å². The van der Waals surface area contributed by atoms with Gasteiger partial charge in [0.2, 0.25) is 11.9 Å². The van der Waals surface area contributed by atoms with Gasteiger partial charge >= 0.3 is 0 Å². The summed E-state index contributed by atoms with van der Waals surface area (Å²) in [6.45, 7) is 7.80. The van der Waals surface area contributed by atoms with E-state index in [-0.39, 0.29) is 12.5 Å². The molecule has 0 aliphatic carbocycles. The molecule has 2 aromatic rings. The van der Waals surface area contributed by atoms with Gasteiger partial charge in [-0.1, -0.05) is 50.3 Å². The van der Waals surface area contributed by atoms with Gasteiger partial charge in [0.1, 0.15) is 20.2 Å². The summed E-state index contributed by atoms with van der Waals surface area (Å²) in [6, 6.07) is 9.75. The Hall–Kier alpha value is -2.75. The lowest BCUT2D eigenvalue weighted by atomic mass is 10.2. The lowest BCUT2D eigenvalue weighted by Gasteiger charge is -2.25. The molecule has 2 rings (SSSR count). The van der Waals surface area contributed by atoms with Crippen LogP contribution in [0.15, 0.2) is 42.7 Å². The normalized spacial score (nSPS) is 10.8.